The molecule has 2 N–H and O–H groups in total. The average Bonchev–Trinajstić information content (AvgIpc) is 1.59. The number of rotatable bonds is 2. The van der Waals surface area contributed by atoms with Crippen LogP contribution < -0.4 is 5.14 Å². The van der Waals surface area contributed by atoms with Crippen LogP contribution in [0.25, 0.3) is 0 Å². The Bertz CT molecular complexity index is 190. The molecule has 0 saturated carbocycles. The molecule has 0 atom stereocenters. The Morgan fingerprint density at radius 3 is 2.12 bits per heavy atom. The first-order chi connectivity index (χ1) is 3.56. The van der Waals surface area contributed by atoms with E-state index >= 15 is 0 Å². The smallest absolute Gasteiger partial charge is 0.225 e. The quantitative estimate of drug-likeness (QED) is 0.538. The predicted octanol–water partition coefficient (Wildman–Crippen LogP) is -0.0254. The first-order valence-electron chi connectivity index (χ1n) is 1.88. The lowest BCUT2D eigenvalue weighted by atomic mass is 10.6. The third-order valence-corrected chi connectivity index (χ3v) is 0.941. The second-order valence-electron chi connectivity index (χ2n) is 1.15. The maximum absolute atomic E-state index is 10.0. The lowest BCUT2D eigenvalue weighted by molar-refractivity contribution is 0.606. The number of allylic oxidation sites excluding steroid dienone is 2. The number of hydrogen-bond acceptors (Lipinski definition) is 2. The molecule has 0 saturated heterocycles. The Kier molecular flexibility index (Phi) is 2.44. The molecule has 0 bridgehead atoms. The van der Waals surface area contributed by atoms with Crippen molar-refractivity contribution in [3.05, 3.63) is 24.1 Å². The van der Waals surface area contributed by atoms with E-state index in [0.717, 1.165) is 5.41 Å². The first kappa shape index (κ1) is 7.39. The minimum Gasteiger partial charge on any atom is -0.225 e. The van der Waals surface area contributed by atoms with Gasteiger partial charge in [-0.3, -0.25) is 0 Å². The Morgan fingerprint density at radius 1 is 1.50 bits per heavy atom. The van der Waals surface area contributed by atoms with Crippen LogP contribution in [0.5, 0.6) is 0 Å². The van der Waals surface area contributed by atoms with Gasteiger partial charge in [0.1, 0.15) is 0 Å². The van der Waals surface area contributed by atoms with Gasteiger partial charge in [-0.25, -0.2) is 13.6 Å². The molecule has 0 rings (SSSR count). The molecule has 0 aliphatic rings. The summed E-state index contributed by atoms with van der Waals surface area (Å²) in [4.78, 5) is 0. The lowest BCUT2D eigenvalue weighted by Crippen LogP contribution is -2.06. The maximum Gasteiger partial charge on any atom is 0.231 e. The van der Waals surface area contributed by atoms with Gasteiger partial charge in [-0.15, -0.1) is 0 Å². The van der Waals surface area contributed by atoms with Crippen molar-refractivity contribution < 1.29 is 8.42 Å². The molecule has 0 aliphatic carbocycles. The molecule has 0 radical (unpaired) electrons. The number of sulfonamides is 1. The summed E-state index contributed by atoms with van der Waals surface area (Å²) in [5, 5.41) is 5.43. The highest BCUT2D eigenvalue weighted by molar-refractivity contribution is 7.92. The summed E-state index contributed by atoms with van der Waals surface area (Å²) in [6.45, 7) is 3.26. The van der Waals surface area contributed by atoms with E-state index in [1.54, 1.807) is 0 Å². The molecular formula is C4H7NO2S. The Morgan fingerprint density at radius 2 is 2.00 bits per heavy atom. The fourth-order valence-electron chi connectivity index (χ4n) is 0.165. The Balaban J connectivity index is 4.12. The van der Waals surface area contributed by atoms with E-state index in [4.69, 9.17) is 0 Å². The molecule has 0 heterocycles. The van der Waals surface area contributed by atoms with Crippen molar-refractivity contribution in [2.75, 3.05) is 0 Å². The van der Waals surface area contributed by atoms with Crippen LogP contribution in [0, 0.1) is 0 Å². The van der Waals surface area contributed by atoms with E-state index in [1.807, 2.05) is 0 Å². The van der Waals surface area contributed by atoms with Crippen molar-refractivity contribution in [3.8, 4) is 0 Å². The number of primary sulfonamides is 1. The third-order valence-electron chi connectivity index (χ3n) is 0.404. The number of nitrogens with two attached hydrogens (primary N) is 1. The van der Waals surface area contributed by atoms with Crippen molar-refractivity contribution in [3.63, 3.8) is 0 Å². The predicted molar refractivity (Wildman–Crippen MR) is 32.4 cm³/mol. The van der Waals surface area contributed by atoms with Crippen LogP contribution in [0.2, 0.25) is 0 Å². The van der Waals surface area contributed by atoms with Crippen LogP contribution in [0.1, 0.15) is 0 Å². The van der Waals surface area contributed by atoms with Crippen molar-refractivity contribution in [2.45, 2.75) is 0 Å². The zero-order valence-corrected chi connectivity index (χ0v) is 5.06. The molecule has 0 aliphatic heterocycles. The minimum absolute atomic E-state index is 0.875. The van der Waals surface area contributed by atoms with Crippen molar-refractivity contribution in [2.24, 2.45) is 5.14 Å². The van der Waals surface area contributed by atoms with Crippen LogP contribution >= 0.6 is 0 Å². The lowest BCUT2D eigenvalue weighted by Gasteiger charge is -1.78. The summed E-state index contributed by atoms with van der Waals surface area (Å²) < 4.78 is 20.1. The van der Waals surface area contributed by atoms with Crippen molar-refractivity contribution >= 4 is 10.0 Å². The van der Waals surface area contributed by atoms with Gasteiger partial charge in [-0.2, -0.15) is 0 Å². The summed E-state index contributed by atoms with van der Waals surface area (Å²) in [6.07, 6.45) is 2.60. The second-order valence-corrected chi connectivity index (χ2v) is 2.60. The fraction of sp³-hybridized carbons (Fsp3) is 0. The summed E-state index contributed by atoms with van der Waals surface area (Å²) in [7, 11) is -3.44. The van der Waals surface area contributed by atoms with E-state index in [9.17, 15) is 8.42 Å². The highest BCUT2D eigenvalue weighted by Gasteiger charge is 1.88. The van der Waals surface area contributed by atoms with Crippen LogP contribution in [0.15, 0.2) is 24.1 Å². The van der Waals surface area contributed by atoms with E-state index in [-0.39, 0.29) is 0 Å². The van der Waals surface area contributed by atoms with Gasteiger partial charge in [-0.05, 0) is 0 Å². The molecule has 4 heteroatoms. The van der Waals surface area contributed by atoms with Gasteiger partial charge in [0.2, 0.25) is 10.0 Å². The summed E-state index contributed by atoms with van der Waals surface area (Å²) in [5.74, 6) is 0. The molecule has 0 aromatic carbocycles. The molecule has 0 spiro atoms. The molecule has 3 nitrogen and oxygen atoms in total. The van der Waals surface area contributed by atoms with Crippen molar-refractivity contribution in [1.29, 1.82) is 0 Å². The SMILES string of the molecule is C=C/C=C\S(N)(=O)=O. The van der Waals surface area contributed by atoms with Crippen LogP contribution in [-0.4, -0.2) is 8.42 Å². The van der Waals surface area contributed by atoms with E-state index < -0.39 is 10.0 Å². The van der Waals surface area contributed by atoms with Gasteiger partial charge in [-0.1, -0.05) is 18.7 Å². The highest BCUT2D eigenvalue weighted by Crippen LogP contribution is 1.78. The molecule has 0 amide bonds. The maximum atomic E-state index is 10.0. The van der Waals surface area contributed by atoms with Gasteiger partial charge < -0.3 is 0 Å². The third kappa shape index (κ3) is 5.39. The van der Waals surface area contributed by atoms with Gasteiger partial charge in [0.05, 0.1) is 0 Å². The van der Waals surface area contributed by atoms with Crippen LogP contribution in [0.3, 0.4) is 0 Å². The fourth-order valence-corrected chi connectivity index (χ4v) is 0.495. The molecule has 46 valence electrons. The second kappa shape index (κ2) is 2.64. The Hall–Kier alpha value is -0.610. The monoisotopic (exact) mass is 133 g/mol. The highest BCUT2D eigenvalue weighted by atomic mass is 32.2. The van der Waals surface area contributed by atoms with Gasteiger partial charge in [0.25, 0.3) is 0 Å². The topological polar surface area (TPSA) is 60.2 Å². The molecular weight excluding hydrogens is 126 g/mol. The summed E-state index contributed by atoms with van der Waals surface area (Å²) >= 11 is 0. The van der Waals surface area contributed by atoms with Gasteiger partial charge in [0, 0.05) is 5.41 Å². The largest absolute Gasteiger partial charge is 0.231 e. The van der Waals surface area contributed by atoms with E-state index in [0.29, 0.717) is 0 Å². The molecule has 0 unspecified atom stereocenters. The average molecular weight is 133 g/mol. The Labute approximate surface area is 48.6 Å². The molecule has 0 aromatic heterocycles. The molecule has 8 heavy (non-hydrogen) atoms. The standard InChI is InChI=1S/C4H7NO2S/c1-2-3-4-8(5,6)7/h2-4H,1H2,(H2,5,6,7)/b4-3-. The van der Waals surface area contributed by atoms with E-state index in [1.165, 1.54) is 12.2 Å². The molecule has 0 fully saturated rings. The van der Waals surface area contributed by atoms with Crippen LogP contribution in [0.4, 0.5) is 0 Å². The first-order valence-corrected chi connectivity index (χ1v) is 3.49. The zero-order chi connectivity index (χ0) is 6.62. The number of hydrogen-bond donors (Lipinski definition) is 1. The van der Waals surface area contributed by atoms with Gasteiger partial charge in [0.15, 0.2) is 0 Å². The molecule has 0 aromatic rings. The summed E-state index contributed by atoms with van der Waals surface area (Å²) in [5.41, 5.74) is 0. The van der Waals surface area contributed by atoms with Crippen LogP contribution in [-0.2, 0) is 10.0 Å². The zero-order valence-electron chi connectivity index (χ0n) is 4.24. The normalized spacial score (nSPS) is 12.1. The van der Waals surface area contributed by atoms with Crippen molar-refractivity contribution in [1.82, 2.24) is 0 Å². The summed E-state index contributed by atoms with van der Waals surface area (Å²) in [6, 6.07) is 0. The van der Waals surface area contributed by atoms with E-state index in [2.05, 4.69) is 11.7 Å². The van der Waals surface area contributed by atoms with Gasteiger partial charge >= 0.3 is 0 Å². The minimum atomic E-state index is -3.44.